The summed E-state index contributed by atoms with van der Waals surface area (Å²) in [5, 5.41) is 0. The zero-order valence-electron chi connectivity index (χ0n) is 18.1. The predicted molar refractivity (Wildman–Crippen MR) is 123 cm³/mol. The lowest BCUT2D eigenvalue weighted by Gasteiger charge is -2.27. The fourth-order valence-corrected chi connectivity index (χ4v) is 3.20. The van der Waals surface area contributed by atoms with Crippen LogP contribution in [-0.2, 0) is 0 Å². The maximum absolute atomic E-state index is 14.5. The molecule has 1 aliphatic rings. The van der Waals surface area contributed by atoms with E-state index >= 15 is 0 Å². The minimum absolute atomic E-state index is 0.129. The molecule has 1 aromatic carbocycles. The van der Waals surface area contributed by atoms with Gasteiger partial charge in [0.05, 0.1) is 28.9 Å². The molecule has 30 heavy (non-hydrogen) atoms. The van der Waals surface area contributed by atoms with Gasteiger partial charge in [-0.2, -0.15) is 0 Å². The molecule has 1 aromatic rings. The summed E-state index contributed by atoms with van der Waals surface area (Å²) >= 11 is 0. The summed E-state index contributed by atoms with van der Waals surface area (Å²) in [6.07, 6.45) is 11.5. The summed E-state index contributed by atoms with van der Waals surface area (Å²) in [6, 6.07) is 2.34. The molecule has 1 unspecified atom stereocenters. The first-order valence-corrected chi connectivity index (χ1v) is 10.2. The molecule has 4 nitrogen and oxygen atoms in total. The van der Waals surface area contributed by atoms with Gasteiger partial charge < -0.3 is 10.6 Å². The molecule has 0 bridgehead atoms. The van der Waals surface area contributed by atoms with Crippen molar-refractivity contribution in [2.45, 2.75) is 47.0 Å². The summed E-state index contributed by atoms with van der Waals surface area (Å²) in [5.41, 5.74) is 8.02. The number of anilines is 1. The fourth-order valence-electron chi connectivity index (χ4n) is 3.20. The minimum atomic E-state index is -0.823. The largest absolute Gasteiger partial charge is 0.396 e. The molecule has 0 amide bonds. The highest BCUT2D eigenvalue weighted by atomic mass is 19.1. The van der Waals surface area contributed by atoms with Crippen LogP contribution in [0.1, 0.15) is 52.5 Å². The number of allylic oxidation sites excluding steroid dienone is 3. The van der Waals surface area contributed by atoms with Crippen LogP contribution < -0.4 is 5.73 Å². The minimum Gasteiger partial charge on any atom is -0.396 e. The Kier molecular flexibility index (Phi) is 8.27. The number of nitrogen functional groups attached to an aromatic ring is 1. The third-order valence-electron chi connectivity index (χ3n) is 5.04. The fraction of sp³-hybridized carbons (Fsp3) is 0.333. The van der Waals surface area contributed by atoms with Gasteiger partial charge in [0.15, 0.2) is 5.82 Å². The van der Waals surface area contributed by atoms with Crippen molar-refractivity contribution in [3.63, 3.8) is 0 Å². The van der Waals surface area contributed by atoms with Gasteiger partial charge in [-0.1, -0.05) is 39.8 Å². The van der Waals surface area contributed by atoms with E-state index < -0.39 is 11.6 Å². The molecule has 0 saturated heterocycles. The topological polar surface area (TPSA) is 54.0 Å². The smallest absolute Gasteiger partial charge is 0.158 e. The number of nitrogens with zero attached hydrogens (tertiary/aromatic N) is 3. The van der Waals surface area contributed by atoms with Crippen molar-refractivity contribution in [2.24, 2.45) is 15.9 Å². The number of nitrogens with two attached hydrogens (primary N) is 1. The van der Waals surface area contributed by atoms with Gasteiger partial charge in [-0.3, -0.25) is 9.98 Å². The monoisotopic (exact) mass is 412 g/mol. The summed E-state index contributed by atoms with van der Waals surface area (Å²) in [7, 11) is 0. The van der Waals surface area contributed by atoms with Crippen molar-refractivity contribution < 1.29 is 8.78 Å². The Bertz CT molecular complexity index is 939. The number of hydrogen-bond donors (Lipinski definition) is 1. The van der Waals surface area contributed by atoms with Crippen molar-refractivity contribution in [1.29, 1.82) is 0 Å². The summed E-state index contributed by atoms with van der Waals surface area (Å²) < 4.78 is 28.8. The van der Waals surface area contributed by atoms with Crippen molar-refractivity contribution in [3.05, 3.63) is 71.9 Å². The Hall–Kier alpha value is -3.02. The van der Waals surface area contributed by atoms with Crippen LogP contribution in [0.2, 0.25) is 0 Å². The molecule has 0 saturated carbocycles. The van der Waals surface area contributed by atoms with Gasteiger partial charge in [-0.05, 0) is 37.8 Å². The van der Waals surface area contributed by atoms with Gasteiger partial charge in [-0.15, -0.1) is 0 Å². The number of rotatable bonds is 8. The van der Waals surface area contributed by atoms with E-state index in [1.807, 2.05) is 19.2 Å². The molecule has 0 radical (unpaired) electrons. The van der Waals surface area contributed by atoms with E-state index in [0.29, 0.717) is 0 Å². The summed E-state index contributed by atoms with van der Waals surface area (Å²) in [5.74, 6) is -1.34. The molecule has 1 heterocycles. The first-order chi connectivity index (χ1) is 14.3. The second-order valence-electron chi connectivity index (χ2n) is 7.18. The molecular formula is C24H30F2N4. The van der Waals surface area contributed by atoms with Crippen LogP contribution in [0.4, 0.5) is 14.5 Å². The van der Waals surface area contributed by atoms with E-state index in [1.165, 1.54) is 6.07 Å². The van der Waals surface area contributed by atoms with Crippen LogP contribution in [0, 0.1) is 17.6 Å². The van der Waals surface area contributed by atoms with Crippen LogP contribution in [0.5, 0.6) is 0 Å². The molecule has 2 rings (SSSR count). The number of halogens is 2. The van der Waals surface area contributed by atoms with Crippen LogP contribution in [0.15, 0.2) is 64.6 Å². The molecule has 160 valence electrons. The van der Waals surface area contributed by atoms with Crippen molar-refractivity contribution >= 4 is 23.3 Å². The SMILES string of the molecule is C=CN1C=C(c2c(F)ccc(N)c2F)N=C\C1=C(/C(C)=N\C=C/CCC)C(C)CC. The highest BCUT2D eigenvalue weighted by Crippen LogP contribution is 2.32. The Labute approximate surface area is 177 Å². The molecule has 0 aromatic heterocycles. The van der Waals surface area contributed by atoms with Crippen LogP contribution >= 0.6 is 0 Å². The maximum Gasteiger partial charge on any atom is 0.158 e. The number of benzene rings is 1. The molecular weight excluding hydrogens is 382 g/mol. The Morgan fingerprint density at radius 2 is 2.07 bits per heavy atom. The Morgan fingerprint density at radius 3 is 2.70 bits per heavy atom. The van der Waals surface area contributed by atoms with E-state index in [-0.39, 0.29) is 22.9 Å². The van der Waals surface area contributed by atoms with Crippen molar-refractivity contribution in [2.75, 3.05) is 5.73 Å². The third-order valence-corrected chi connectivity index (χ3v) is 5.04. The van der Waals surface area contributed by atoms with E-state index in [1.54, 1.807) is 23.5 Å². The standard InChI is InChI=1S/C24H30F2N4/c1-6-9-10-13-28-17(5)22(16(4)7-2)21-14-29-20(15-30(21)8-3)23-18(25)11-12-19(27)24(23)26/h8,10-16H,3,6-7,9,27H2,1-2,4-5H3/b13-10-,22-21+,28-17-. The molecule has 0 spiro atoms. The molecule has 0 aliphatic carbocycles. The van der Waals surface area contributed by atoms with E-state index in [0.717, 1.165) is 42.3 Å². The number of unbranched alkanes of at least 4 members (excludes halogenated alkanes) is 1. The Balaban J connectivity index is 2.56. The second-order valence-corrected chi connectivity index (χ2v) is 7.18. The number of hydrogen-bond acceptors (Lipinski definition) is 4. The Morgan fingerprint density at radius 1 is 1.33 bits per heavy atom. The highest BCUT2D eigenvalue weighted by molar-refractivity contribution is 6.05. The number of aliphatic imine (C=N–C) groups is 2. The molecule has 6 heteroatoms. The lowest BCUT2D eigenvalue weighted by atomic mass is 9.92. The normalized spacial score (nSPS) is 17.3. The molecule has 1 aliphatic heterocycles. The summed E-state index contributed by atoms with van der Waals surface area (Å²) in [4.78, 5) is 10.7. The van der Waals surface area contributed by atoms with Crippen molar-refractivity contribution in [3.8, 4) is 0 Å². The van der Waals surface area contributed by atoms with Gasteiger partial charge in [0.2, 0.25) is 0 Å². The van der Waals surface area contributed by atoms with Crippen LogP contribution in [0.25, 0.3) is 5.70 Å². The van der Waals surface area contributed by atoms with E-state index in [2.05, 4.69) is 37.3 Å². The third kappa shape index (κ3) is 5.12. The second kappa shape index (κ2) is 10.7. The maximum atomic E-state index is 14.5. The van der Waals surface area contributed by atoms with Gasteiger partial charge in [0, 0.05) is 29.9 Å². The predicted octanol–water partition coefficient (Wildman–Crippen LogP) is 6.45. The first-order valence-electron chi connectivity index (χ1n) is 10.2. The lowest BCUT2D eigenvalue weighted by Crippen LogP contribution is -2.22. The highest BCUT2D eigenvalue weighted by Gasteiger charge is 2.23. The van der Waals surface area contributed by atoms with Gasteiger partial charge in [0.25, 0.3) is 0 Å². The zero-order valence-corrected chi connectivity index (χ0v) is 18.1. The lowest BCUT2D eigenvalue weighted by molar-refractivity contribution is 0.575. The summed E-state index contributed by atoms with van der Waals surface area (Å²) in [6.45, 7) is 12.1. The zero-order chi connectivity index (χ0) is 22.3. The molecule has 0 fully saturated rings. The quantitative estimate of drug-likeness (QED) is 0.394. The van der Waals surface area contributed by atoms with E-state index in [4.69, 9.17) is 5.73 Å². The average molecular weight is 413 g/mol. The van der Waals surface area contributed by atoms with Crippen LogP contribution in [0.3, 0.4) is 0 Å². The van der Waals surface area contributed by atoms with Gasteiger partial charge in [0.1, 0.15) is 5.82 Å². The first kappa shape index (κ1) is 23.3. The molecule has 2 N–H and O–H groups in total. The van der Waals surface area contributed by atoms with E-state index in [9.17, 15) is 8.78 Å². The van der Waals surface area contributed by atoms with Crippen molar-refractivity contribution in [1.82, 2.24) is 4.90 Å². The molecule has 1 atom stereocenters. The van der Waals surface area contributed by atoms with Gasteiger partial charge in [-0.25, -0.2) is 8.78 Å². The van der Waals surface area contributed by atoms with Gasteiger partial charge >= 0.3 is 0 Å². The van der Waals surface area contributed by atoms with Crippen LogP contribution in [-0.4, -0.2) is 16.8 Å². The average Bonchev–Trinajstić information content (AvgIpc) is 2.74.